The van der Waals surface area contributed by atoms with Crippen LogP contribution in [0.3, 0.4) is 0 Å². The van der Waals surface area contributed by atoms with E-state index in [2.05, 4.69) is 0 Å². The van der Waals surface area contributed by atoms with Crippen molar-refractivity contribution in [3.63, 3.8) is 0 Å². The number of aromatic nitrogens is 1. The van der Waals surface area contributed by atoms with Crippen LogP contribution in [0.4, 0.5) is 0 Å². The van der Waals surface area contributed by atoms with E-state index in [1.54, 1.807) is 16.6 Å². The molecule has 1 aromatic heterocycles. The lowest BCUT2D eigenvalue weighted by Gasteiger charge is -2.22. The van der Waals surface area contributed by atoms with E-state index in [9.17, 15) is 8.42 Å². The number of likely N-dealkylation sites (N-methyl/N-ethyl adjacent to an activating group) is 1. The van der Waals surface area contributed by atoms with Crippen LogP contribution in [0.15, 0.2) is 17.2 Å². The van der Waals surface area contributed by atoms with Gasteiger partial charge in [0.25, 0.3) is 0 Å². The van der Waals surface area contributed by atoms with Crippen molar-refractivity contribution in [2.24, 2.45) is 5.73 Å². The monoisotopic (exact) mass is 316 g/mol. The Hall–Kier alpha value is -0.890. The molecule has 7 heteroatoms. The molecule has 0 fully saturated rings. The van der Waals surface area contributed by atoms with Crippen LogP contribution in [0.5, 0.6) is 0 Å². The lowest BCUT2D eigenvalue weighted by atomic mass is 10.4. The minimum atomic E-state index is -3.45. The SMILES string of the molecule is CCCN(CCN(C)C)S(=O)(=O)c1cc(CN)n(CC)c1. The molecule has 0 saturated heterocycles. The molecule has 0 aromatic carbocycles. The minimum Gasteiger partial charge on any atom is -0.349 e. The van der Waals surface area contributed by atoms with Gasteiger partial charge in [0, 0.05) is 44.6 Å². The van der Waals surface area contributed by atoms with Gasteiger partial charge < -0.3 is 15.2 Å². The molecule has 1 heterocycles. The second kappa shape index (κ2) is 7.93. The number of nitrogens with zero attached hydrogens (tertiary/aromatic N) is 3. The first kappa shape index (κ1) is 18.2. The fourth-order valence-corrected chi connectivity index (χ4v) is 3.78. The molecule has 0 aliphatic heterocycles. The maximum Gasteiger partial charge on any atom is 0.244 e. The van der Waals surface area contributed by atoms with Crippen molar-refractivity contribution < 1.29 is 8.42 Å². The van der Waals surface area contributed by atoms with Crippen LogP contribution in [0.25, 0.3) is 0 Å². The first-order chi connectivity index (χ1) is 9.86. The summed E-state index contributed by atoms with van der Waals surface area (Å²) in [6, 6.07) is 1.69. The maximum absolute atomic E-state index is 12.8. The summed E-state index contributed by atoms with van der Waals surface area (Å²) in [5.41, 5.74) is 6.53. The fraction of sp³-hybridized carbons (Fsp3) is 0.714. The van der Waals surface area contributed by atoms with Crippen molar-refractivity contribution in [1.29, 1.82) is 0 Å². The summed E-state index contributed by atoms with van der Waals surface area (Å²) >= 11 is 0. The lowest BCUT2D eigenvalue weighted by molar-refractivity contribution is 0.333. The Morgan fingerprint density at radius 1 is 1.19 bits per heavy atom. The predicted molar refractivity (Wildman–Crippen MR) is 85.6 cm³/mol. The molecule has 6 nitrogen and oxygen atoms in total. The van der Waals surface area contributed by atoms with Crippen LogP contribution in [0.2, 0.25) is 0 Å². The van der Waals surface area contributed by atoms with E-state index in [0.29, 0.717) is 37.6 Å². The van der Waals surface area contributed by atoms with Crippen LogP contribution in [-0.4, -0.2) is 55.9 Å². The van der Waals surface area contributed by atoms with Gasteiger partial charge in [0.15, 0.2) is 0 Å². The van der Waals surface area contributed by atoms with Crippen LogP contribution < -0.4 is 5.73 Å². The molecule has 0 aliphatic rings. The van der Waals surface area contributed by atoms with E-state index in [0.717, 1.165) is 12.1 Å². The highest BCUT2D eigenvalue weighted by molar-refractivity contribution is 7.89. The molecule has 1 aromatic rings. The van der Waals surface area contributed by atoms with Gasteiger partial charge in [-0.25, -0.2) is 8.42 Å². The Morgan fingerprint density at radius 3 is 2.29 bits per heavy atom. The van der Waals surface area contributed by atoms with Crippen molar-refractivity contribution in [3.8, 4) is 0 Å². The van der Waals surface area contributed by atoms with Gasteiger partial charge in [-0.3, -0.25) is 0 Å². The Labute approximate surface area is 128 Å². The van der Waals surface area contributed by atoms with Crippen LogP contribution >= 0.6 is 0 Å². The Kier molecular flexibility index (Phi) is 6.86. The van der Waals surface area contributed by atoms with Crippen molar-refractivity contribution in [2.75, 3.05) is 33.7 Å². The van der Waals surface area contributed by atoms with Crippen molar-refractivity contribution >= 4 is 10.0 Å². The summed E-state index contributed by atoms with van der Waals surface area (Å²) in [6.07, 6.45) is 2.49. The quantitative estimate of drug-likeness (QED) is 0.736. The number of nitrogens with two attached hydrogens (primary N) is 1. The molecule has 0 spiro atoms. The zero-order chi connectivity index (χ0) is 16.0. The summed E-state index contributed by atoms with van der Waals surface area (Å²) < 4.78 is 29.0. The lowest BCUT2D eigenvalue weighted by Crippen LogP contribution is -2.37. The largest absolute Gasteiger partial charge is 0.349 e. The van der Waals surface area contributed by atoms with Gasteiger partial charge in [0.2, 0.25) is 10.0 Å². The summed E-state index contributed by atoms with van der Waals surface area (Å²) in [5, 5.41) is 0. The summed E-state index contributed by atoms with van der Waals surface area (Å²) in [4.78, 5) is 2.33. The molecule has 0 unspecified atom stereocenters. The summed E-state index contributed by atoms with van der Waals surface area (Å²) in [5.74, 6) is 0. The van der Waals surface area contributed by atoms with Gasteiger partial charge in [-0.05, 0) is 33.5 Å². The molecule has 122 valence electrons. The van der Waals surface area contributed by atoms with Gasteiger partial charge in [0.05, 0.1) is 0 Å². The maximum atomic E-state index is 12.8. The number of sulfonamides is 1. The topological polar surface area (TPSA) is 71.6 Å². The third-order valence-corrected chi connectivity index (χ3v) is 5.28. The molecule has 2 N–H and O–H groups in total. The normalized spacial score (nSPS) is 12.5. The van der Waals surface area contributed by atoms with Crippen LogP contribution in [0, 0.1) is 0 Å². The van der Waals surface area contributed by atoms with Gasteiger partial charge in [-0.2, -0.15) is 4.31 Å². The minimum absolute atomic E-state index is 0.342. The fourth-order valence-electron chi connectivity index (χ4n) is 2.19. The number of hydrogen-bond donors (Lipinski definition) is 1. The molecule has 1 rings (SSSR count). The Bertz CT molecular complexity index is 516. The highest BCUT2D eigenvalue weighted by Gasteiger charge is 2.25. The molecular weight excluding hydrogens is 288 g/mol. The smallest absolute Gasteiger partial charge is 0.244 e. The summed E-state index contributed by atoms with van der Waals surface area (Å²) in [6.45, 7) is 6.76. The van der Waals surface area contributed by atoms with E-state index in [1.807, 2.05) is 37.4 Å². The molecule has 21 heavy (non-hydrogen) atoms. The highest BCUT2D eigenvalue weighted by atomic mass is 32.2. The molecular formula is C14H28N4O2S. The van der Waals surface area contributed by atoms with Crippen molar-refractivity contribution in [1.82, 2.24) is 13.8 Å². The van der Waals surface area contributed by atoms with Gasteiger partial charge in [0.1, 0.15) is 4.90 Å². The van der Waals surface area contributed by atoms with Gasteiger partial charge in [-0.1, -0.05) is 6.92 Å². The molecule has 0 amide bonds. The molecule has 0 aliphatic carbocycles. The van der Waals surface area contributed by atoms with Gasteiger partial charge in [-0.15, -0.1) is 0 Å². The zero-order valence-corrected chi connectivity index (χ0v) is 14.4. The highest BCUT2D eigenvalue weighted by Crippen LogP contribution is 2.19. The first-order valence-electron chi connectivity index (χ1n) is 7.40. The van der Waals surface area contributed by atoms with Crippen molar-refractivity contribution in [2.45, 2.75) is 38.3 Å². The third-order valence-electron chi connectivity index (χ3n) is 3.42. The van der Waals surface area contributed by atoms with E-state index in [1.165, 1.54) is 0 Å². The van der Waals surface area contributed by atoms with E-state index in [-0.39, 0.29) is 0 Å². The molecule has 0 bridgehead atoms. The van der Waals surface area contributed by atoms with Crippen LogP contribution in [-0.2, 0) is 23.1 Å². The average molecular weight is 316 g/mol. The zero-order valence-electron chi connectivity index (χ0n) is 13.5. The Morgan fingerprint density at radius 2 is 1.86 bits per heavy atom. The van der Waals surface area contributed by atoms with Crippen LogP contribution in [0.1, 0.15) is 26.0 Å². The molecule has 0 atom stereocenters. The average Bonchev–Trinajstić information content (AvgIpc) is 2.86. The van der Waals surface area contributed by atoms with E-state index in [4.69, 9.17) is 5.73 Å². The second-order valence-electron chi connectivity index (χ2n) is 5.36. The van der Waals surface area contributed by atoms with E-state index >= 15 is 0 Å². The predicted octanol–water partition coefficient (Wildman–Crippen LogP) is 0.929. The number of rotatable bonds is 9. The van der Waals surface area contributed by atoms with Gasteiger partial charge >= 0.3 is 0 Å². The number of hydrogen-bond acceptors (Lipinski definition) is 4. The standard InChI is InChI=1S/C14H28N4O2S/c1-5-7-18(9-8-16(3)4)21(19,20)14-10-13(11-15)17(6-2)12-14/h10,12H,5-9,11,15H2,1-4H3. The van der Waals surface area contributed by atoms with E-state index < -0.39 is 10.0 Å². The number of aryl methyl sites for hydroxylation is 1. The Balaban J connectivity index is 3.06. The molecule has 0 saturated carbocycles. The molecule has 0 radical (unpaired) electrons. The second-order valence-corrected chi connectivity index (χ2v) is 7.30. The van der Waals surface area contributed by atoms with Crippen molar-refractivity contribution in [3.05, 3.63) is 18.0 Å². The third kappa shape index (κ3) is 4.54. The summed E-state index contributed by atoms with van der Waals surface area (Å²) in [7, 11) is 0.432. The first-order valence-corrected chi connectivity index (χ1v) is 8.84.